The molecule has 0 aliphatic heterocycles. The Hall–Kier alpha value is -4.17. The molecule has 4 aromatic heterocycles. The van der Waals surface area contributed by atoms with Gasteiger partial charge in [-0.05, 0) is 49.9 Å². The number of nitrogens with two attached hydrogens (primary N) is 1. The maximum Gasteiger partial charge on any atom is 0.166 e. The van der Waals surface area contributed by atoms with Crippen molar-refractivity contribution in [1.29, 1.82) is 0 Å². The lowest BCUT2D eigenvalue weighted by Crippen LogP contribution is -2.15. The highest BCUT2D eigenvalue weighted by Gasteiger charge is 2.30. The number of H-pyrrole nitrogens is 2. The number of fused-ring (bicyclic) bond motifs is 3. The minimum absolute atomic E-state index is 0.356. The molecular formula is C27H26N8. The molecule has 35 heavy (non-hydrogen) atoms. The topological polar surface area (TPSA) is 113 Å². The van der Waals surface area contributed by atoms with Crippen LogP contribution in [-0.4, -0.2) is 29.3 Å². The summed E-state index contributed by atoms with van der Waals surface area (Å²) in [7, 11) is 0. The van der Waals surface area contributed by atoms with E-state index in [1.807, 2.05) is 24.4 Å². The highest BCUT2D eigenvalue weighted by molar-refractivity contribution is 5.91. The zero-order valence-corrected chi connectivity index (χ0v) is 19.2. The molecule has 8 nitrogen and oxygen atoms in total. The van der Waals surface area contributed by atoms with Crippen LogP contribution in [0.4, 0.5) is 5.82 Å². The summed E-state index contributed by atoms with van der Waals surface area (Å²) in [4.78, 5) is 21.6. The molecule has 0 amide bonds. The molecule has 1 fully saturated rings. The van der Waals surface area contributed by atoms with Crippen molar-refractivity contribution in [3.05, 3.63) is 78.6 Å². The second-order valence-corrected chi connectivity index (χ2v) is 9.42. The van der Waals surface area contributed by atoms with Crippen LogP contribution in [0.1, 0.15) is 49.2 Å². The quantitative estimate of drug-likeness (QED) is 0.205. The van der Waals surface area contributed by atoms with Crippen molar-refractivity contribution >= 4 is 33.3 Å². The summed E-state index contributed by atoms with van der Waals surface area (Å²) in [6.07, 6.45) is 8.04. The number of imidazole rings is 2. The Kier molecular flexibility index (Phi) is 4.60. The largest absolute Gasteiger partial charge is 0.353 e. The maximum atomic E-state index is 5.87. The predicted molar refractivity (Wildman–Crippen MR) is 138 cm³/mol. The van der Waals surface area contributed by atoms with Gasteiger partial charge in [0.15, 0.2) is 5.82 Å². The van der Waals surface area contributed by atoms with Crippen molar-refractivity contribution in [2.75, 3.05) is 5.43 Å². The fourth-order valence-electron chi connectivity index (χ4n) is 5.64. The van der Waals surface area contributed by atoms with Crippen LogP contribution in [0.5, 0.6) is 0 Å². The zero-order valence-electron chi connectivity index (χ0n) is 19.2. The van der Waals surface area contributed by atoms with Crippen LogP contribution in [0.15, 0.2) is 67.0 Å². The van der Waals surface area contributed by atoms with E-state index >= 15 is 0 Å². The van der Waals surface area contributed by atoms with Crippen molar-refractivity contribution in [2.24, 2.45) is 5.84 Å². The Morgan fingerprint density at radius 1 is 0.886 bits per heavy atom. The lowest BCUT2D eigenvalue weighted by Gasteiger charge is -2.26. The van der Waals surface area contributed by atoms with Gasteiger partial charge in [0.2, 0.25) is 0 Å². The summed E-state index contributed by atoms with van der Waals surface area (Å²) in [6, 6.07) is 18.7. The van der Waals surface area contributed by atoms with Gasteiger partial charge in [0.05, 0.1) is 16.7 Å². The monoisotopic (exact) mass is 462 g/mol. The number of aromatic nitrogens is 6. The molecule has 8 heteroatoms. The van der Waals surface area contributed by atoms with E-state index in [9.17, 15) is 0 Å². The summed E-state index contributed by atoms with van der Waals surface area (Å²) < 4.78 is 2.16. The molecule has 1 aliphatic carbocycles. The van der Waals surface area contributed by atoms with E-state index in [1.54, 1.807) is 6.20 Å². The summed E-state index contributed by atoms with van der Waals surface area (Å²) in [6.45, 7) is 0. The molecule has 0 atom stereocenters. The molecule has 2 aromatic carbocycles. The summed E-state index contributed by atoms with van der Waals surface area (Å²) >= 11 is 0. The minimum Gasteiger partial charge on any atom is -0.353 e. The number of anilines is 1. The highest BCUT2D eigenvalue weighted by Crippen LogP contribution is 2.42. The van der Waals surface area contributed by atoms with E-state index in [2.05, 4.69) is 61.2 Å². The lowest BCUT2D eigenvalue weighted by atomic mass is 9.81. The molecule has 0 bridgehead atoms. The summed E-state index contributed by atoms with van der Waals surface area (Å²) in [5, 5.41) is 1.16. The third kappa shape index (κ3) is 3.29. The van der Waals surface area contributed by atoms with Crippen LogP contribution in [0.3, 0.4) is 0 Å². The maximum absolute atomic E-state index is 5.87. The molecule has 1 aliphatic rings. The Balaban J connectivity index is 1.25. The predicted octanol–water partition coefficient (Wildman–Crippen LogP) is 5.48. The SMILES string of the molecule is NNc1nccn2c(C3CCC(c4nc5ccccc5[nH]4)CC3)nc(-c3cc4ccccc4[nH]3)c12. The van der Waals surface area contributed by atoms with Gasteiger partial charge in [-0.15, -0.1) is 0 Å². The van der Waals surface area contributed by atoms with Crippen LogP contribution >= 0.6 is 0 Å². The van der Waals surface area contributed by atoms with E-state index < -0.39 is 0 Å². The van der Waals surface area contributed by atoms with Crippen molar-refractivity contribution in [3.63, 3.8) is 0 Å². The van der Waals surface area contributed by atoms with Crippen LogP contribution in [0, 0.1) is 0 Å². The molecule has 174 valence electrons. The number of benzene rings is 2. The number of nitrogens with zero attached hydrogens (tertiary/aromatic N) is 4. The van der Waals surface area contributed by atoms with Gasteiger partial charge >= 0.3 is 0 Å². The van der Waals surface area contributed by atoms with Crippen LogP contribution < -0.4 is 11.3 Å². The first-order valence-electron chi connectivity index (χ1n) is 12.1. The number of nitrogens with one attached hydrogen (secondary N) is 3. The fraction of sp³-hybridized carbons (Fsp3) is 0.222. The minimum atomic E-state index is 0.356. The van der Waals surface area contributed by atoms with Crippen molar-refractivity contribution in [3.8, 4) is 11.4 Å². The van der Waals surface area contributed by atoms with Gasteiger partial charge in [0, 0.05) is 35.1 Å². The van der Waals surface area contributed by atoms with E-state index in [0.717, 1.165) is 76.2 Å². The molecule has 0 spiro atoms. The van der Waals surface area contributed by atoms with Gasteiger partial charge < -0.3 is 15.4 Å². The van der Waals surface area contributed by atoms with Crippen LogP contribution in [-0.2, 0) is 0 Å². The third-order valence-corrected chi connectivity index (χ3v) is 7.39. The molecule has 7 rings (SSSR count). The number of nitrogen functional groups attached to an aromatic ring is 1. The number of hydrazine groups is 1. The van der Waals surface area contributed by atoms with E-state index in [0.29, 0.717) is 17.7 Å². The Morgan fingerprint density at radius 2 is 1.66 bits per heavy atom. The number of aromatic amines is 2. The number of rotatable bonds is 4. The van der Waals surface area contributed by atoms with Gasteiger partial charge in [-0.25, -0.2) is 20.8 Å². The molecule has 0 unspecified atom stereocenters. The van der Waals surface area contributed by atoms with Gasteiger partial charge in [0.1, 0.15) is 22.9 Å². The van der Waals surface area contributed by atoms with Crippen molar-refractivity contribution in [2.45, 2.75) is 37.5 Å². The number of para-hydroxylation sites is 3. The number of hydrogen-bond donors (Lipinski definition) is 4. The molecule has 0 saturated heterocycles. The van der Waals surface area contributed by atoms with Gasteiger partial charge in [0.25, 0.3) is 0 Å². The normalized spacial score (nSPS) is 18.5. The summed E-state index contributed by atoms with van der Waals surface area (Å²) in [5.74, 6) is 9.46. The highest BCUT2D eigenvalue weighted by atomic mass is 15.3. The molecule has 5 N–H and O–H groups in total. The van der Waals surface area contributed by atoms with E-state index in [-0.39, 0.29) is 0 Å². The average Bonchev–Trinajstić information content (AvgIpc) is 3.63. The average molecular weight is 463 g/mol. The standard InChI is InChI=1S/C27H26N8/c28-34-26-24-23(22-15-18-5-1-2-6-19(18)30-22)33-27(35(24)14-13-29-26)17-11-9-16(10-12-17)25-31-20-7-3-4-8-21(20)32-25/h1-8,13-17,30H,9-12,28H2,(H,29,34)(H,31,32). The second kappa shape index (κ2) is 7.95. The Bertz CT molecular complexity index is 1600. The second-order valence-electron chi connectivity index (χ2n) is 9.42. The van der Waals surface area contributed by atoms with E-state index in [1.165, 1.54) is 0 Å². The van der Waals surface area contributed by atoms with Gasteiger partial charge in [-0.2, -0.15) is 0 Å². The first-order valence-corrected chi connectivity index (χ1v) is 12.1. The van der Waals surface area contributed by atoms with Crippen molar-refractivity contribution < 1.29 is 0 Å². The molecule has 0 radical (unpaired) electrons. The smallest absolute Gasteiger partial charge is 0.166 e. The number of hydrogen-bond acceptors (Lipinski definition) is 5. The van der Waals surface area contributed by atoms with Crippen LogP contribution in [0.2, 0.25) is 0 Å². The molecular weight excluding hydrogens is 436 g/mol. The Labute approximate surface area is 201 Å². The van der Waals surface area contributed by atoms with E-state index in [4.69, 9.17) is 15.8 Å². The van der Waals surface area contributed by atoms with Crippen molar-refractivity contribution in [1.82, 2.24) is 29.3 Å². The van der Waals surface area contributed by atoms with Crippen LogP contribution in [0.25, 0.3) is 38.8 Å². The molecule has 6 aromatic rings. The molecule has 1 saturated carbocycles. The first kappa shape index (κ1) is 20.2. The van der Waals surface area contributed by atoms with Gasteiger partial charge in [-0.1, -0.05) is 30.3 Å². The lowest BCUT2D eigenvalue weighted by molar-refractivity contribution is 0.376. The first-order chi connectivity index (χ1) is 17.3. The van der Waals surface area contributed by atoms with Gasteiger partial charge in [-0.3, -0.25) is 4.40 Å². The zero-order chi connectivity index (χ0) is 23.4. The third-order valence-electron chi connectivity index (χ3n) is 7.39. The fourth-order valence-corrected chi connectivity index (χ4v) is 5.64. The Morgan fingerprint density at radius 3 is 2.46 bits per heavy atom. The molecule has 4 heterocycles. The summed E-state index contributed by atoms with van der Waals surface area (Å²) in [5.41, 5.74) is 8.75.